The topological polar surface area (TPSA) is 71.0 Å². The van der Waals surface area contributed by atoms with E-state index in [2.05, 4.69) is 31.0 Å². The molecular weight excluding hydrogens is 411 g/mol. The van der Waals surface area contributed by atoms with Crippen LogP contribution in [0.5, 0.6) is 11.5 Å². The number of nitrogens with one attached hydrogen (secondary N) is 1. The highest BCUT2D eigenvalue weighted by Crippen LogP contribution is 2.51. The zero-order valence-electron chi connectivity index (χ0n) is 18.7. The molecule has 0 aromatic heterocycles. The van der Waals surface area contributed by atoms with Gasteiger partial charge in [0.15, 0.2) is 11.5 Å². The molecule has 6 nitrogen and oxygen atoms in total. The van der Waals surface area contributed by atoms with Crippen molar-refractivity contribution in [3.05, 3.63) is 47.3 Å². The quantitative estimate of drug-likeness (QED) is 0.736. The normalized spacial score (nSPS) is 20.3. The van der Waals surface area contributed by atoms with Crippen molar-refractivity contribution in [1.82, 2.24) is 0 Å². The summed E-state index contributed by atoms with van der Waals surface area (Å²) in [6, 6.07) is 8.97. The smallest absolute Gasteiger partial charge is 0.235 e. The first-order valence-electron chi connectivity index (χ1n) is 11.1. The Hall–Kier alpha value is -2.80. The molecule has 1 fully saturated rings. The van der Waals surface area contributed by atoms with E-state index in [0.29, 0.717) is 30.9 Å². The molecule has 1 aliphatic carbocycles. The maximum atomic E-state index is 15.1. The number of anilines is 2. The lowest BCUT2D eigenvalue weighted by Gasteiger charge is -2.36. The van der Waals surface area contributed by atoms with Gasteiger partial charge in [0.25, 0.3) is 0 Å². The Bertz CT molecular complexity index is 1070. The molecule has 1 amide bonds. The molecule has 2 aromatic rings. The summed E-state index contributed by atoms with van der Waals surface area (Å²) in [6.45, 7) is 7.08. The highest BCUT2D eigenvalue weighted by molar-refractivity contribution is 6.01. The molecule has 2 N–H and O–H groups in total. The van der Waals surface area contributed by atoms with Crippen LogP contribution in [0.1, 0.15) is 44.7 Å². The number of rotatable bonds is 5. The van der Waals surface area contributed by atoms with E-state index in [1.54, 1.807) is 6.07 Å². The van der Waals surface area contributed by atoms with Gasteiger partial charge in [-0.25, -0.2) is 4.39 Å². The maximum Gasteiger partial charge on any atom is 0.235 e. The van der Waals surface area contributed by atoms with E-state index in [4.69, 9.17) is 9.47 Å². The maximum absolute atomic E-state index is 15.1. The summed E-state index contributed by atoms with van der Waals surface area (Å²) < 4.78 is 25.9. The van der Waals surface area contributed by atoms with Gasteiger partial charge in [-0.1, -0.05) is 26.8 Å². The first kappa shape index (κ1) is 21.1. The largest absolute Gasteiger partial charge is 0.454 e. The number of ether oxygens (including phenoxy) is 2. The van der Waals surface area contributed by atoms with E-state index in [9.17, 15) is 9.90 Å². The van der Waals surface area contributed by atoms with E-state index >= 15 is 4.39 Å². The molecule has 1 atom stereocenters. The van der Waals surface area contributed by atoms with Crippen molar-refractivity contribution in [3.8, 4) is 11.5 Å². The van der Waals surface area contributed by atoms with Gasteiger partial charge in [0.05, 0.1) is 17.7 Å². The number of carbonyl (C=O) groups excluding carboxylic acids is 1. The van der Waals surface area contributed by atoms with E-state index in [-0.39, 0.29) is 36.5 Å². The summed E-state index contributed by atoms with van der Waals surface area (Å²) in [7, 11) is 0. The molecule has 0 saturated heterocycles. The van der Waals surface area contributed by atoms with Gasteiger partial charge in [-0.3, -0.25) is 4.79 Å². The highest BCUT2D eigenvalue weighted by atomic mass is 19.1. The van der Waals surface area contributed by atoms with Gasteiger partial charge >= 0.3 is 0 Å². The Balaban J connectivity index is 1.41. The van der Waals surface area contributed by atoms with Gasteiger partial charge in [0.1, 0.15) is 5.82 Å². The number of carbonyl (C=O) groups is 1. The van der Waals surface area contributed by atoms with Gasteiger partial charge in [0.2, 0.25) is 12.7 Å². The lowest BCUT2D eigenvalue weighted by atomic mass is 9.84. The molecule has 5 rings (SSSR count). The zero-order valence-corrected chi connectivity index (χ0v) is 18.7. The molecule has 1 saturated carbocycles. The van der Waals surface area contributed by atoms with Gasteiger partial charge < -0.3 is 24.8 Å². The van der Waals surface area contributed by atoms with E-state index in [1.807, 2.05) is 18.2 Å². The van der Waals surface area contributed by atoms with Crippen LogP contribution in [0, 0.1) is 11.2 Å². The van der Waals surface area contributed by atoms with E-state index in [0.717, 1.165) is 23.2 Å². The Labute approximate surface area is 187 Å². The number of benzene rings is 2. The molecule has 0 spiro atoms. The number of nitrogens with zero attached hydrogens (tertiary/aromatic N) is 1. The minimum absolute atomic E-state index is 0.00415. The number of β-amino-alcohol motifs (C(OH)–C–C–N with tert-alkyl or cyclic N) is 1. The second-order valence-electron chi connectivity index (χ2n) is 10.1. The first-order chi connectivity index (χ1) is 15.2. The number of fused-ring (bicyclic) bond motifs is 2. The van der Waals surface area contributed by atoms with E-state index < -0.39 is 11.2 Å². The lowest BCUT2D eigenvalue weighted by Crippen LogP contribution is -2.43. The molecule has 170 valence electrons. The van der Waals surface area contributed by atoms with Crippen molar-refractivity contribution < 1.29 is 23.8 Å². The standard InChI is InChI=1S/C25H29FN2O4/c1-24(2,3)22-11-15-10-18(17(26)13-19(15)28(22)8-9-29)27-23(30)25(6-7-25)16-4-5-20-21(12-16)32-14-31-20/h4-5,10,12-13,22,29H,6-9,11,14H2,1-3H3,(H,27,30). The Morgan fingerprint density at radius 2 is 1.97 bits per heavy atom. The van der Waals surface area contributed by atoms with Crippen molar-refractivity contribution in [2.24, 2.45) is 5.41 Å². The van der Waals surface area contributed by atoms with Crippen LogP contribution in [0.3, 0.4) is 0 Å². The van der Waals surface area contributed by atoms with Crippen LogP contribution in [0.15, 0.2) is 30.3 Å². The monoisotopic (exact) mass is 440 g/mol. The molecular formula is C25H29FN2O4. The third-order valence-electron chi connectivity index (χ3n) is 6.97. The van der Waals surface area contributed by atoms with Crippen molar-refractivity contribution >= 4 is 17.3 Å². The average Bonchev–Trinajstić information content (AvgIpc) is 3.29. The summed E-state index contributed by atoms with van der Waals surface area (Å²) in [6.07, 6.45) is 2.16. The number of aliphatic hydroxyl groups is 1. The molecule has 1 unspecified atom stereocenters. The summed E-state index contributed by atoms with van der Waals surface area (Å²) in [5, 5.41) is 12.4. The summed E-state index contributed by atoms with van der Waals surface area (Å²) >= 11 is 0. The highest BCUT2D eigenvalue weighted by Gasteiger charge is 2.52. The first-order valence-corrected chi connectivity index (χ1v) is 11.1. The lowest BCUT2D eigenvalue weighted by molar-refractivity contribution is -0.118. The Morgan fingerprint density at radius 1 is 1.22 bits per heavy atom. The van der Waals surface area contributed by atoms with E-state index in [1.165, 1.54) is 6.07 Å². The molecule has 3 aliphatic rings. The number of amides is 1. The van der Waals surface area contributed by atoms with Crippen molar-refractivity contribution in [2.45, 2.75) is 51.5 Å². The second kappa shape index (κ2) is 7.37. The third kappa shape index (κ3) is 3.39. The number of hydrogen-bond donors (Lipinski definition) is 2. The minimum atomic E-state index is -0.663. The fraction of sp³-hybridized carbons (Fsp3) is 0.480. The van der Waals surface area contributed by atoms with Crippen molar-refractivity contribution in [1.29, 1.82) is 0 Å². The Morgan fingerprint density at radius 3 is 2.66 bits per heavy atom. The van der Waals surface area contributed by atoms with Crippen LogP contribution in [-0.4, -0.2) is 37.0 Å². The predicted octanol–water partition coefficient (Wildman–Crippen LogP) is 3.99. The molecule has 2 heterocycles. The molecule has 0 bridgehead atoms. The second-order valence-corrected chi connectivity index (χ2v) is 10.1. The van der Waals surface area contributed by atoms with Gasteiger partial charge in [-0.05, 0) is 60.1 Å². The van der Waals surface area contributed by atoms with Crippen molar-refractivity contribution in [2.75, 3.05) is 30.2 Å². The summed E-state index contributed by atoms with van der Waals surface area (Å²) in [5.74, 6) is 0.654. The zero-order chi connectivity index (χ0) is 22.7. The van der Waals surface area contributed by atoms with Crippen LogP contribution < -0.4 is 19.7 Å². The van der Waals surface area contributed by atoms with Crippen LogP contribution in [0.2, 0.25) is 0 Å². The molecule has 2 aromatic carbocycles. The van der Waals surface area contributed by atoms with Gasteiger partial charge in [-0.2, -0.15) is 0 Å². The average molecular weight is 441 g/mol. The predicted molar refractivity (Wildman–Crippen MR) is 120 cm³/mol. The molecule has 0 radical (unpaired) electrons. The summed E-state index contributed by atoms with van der Waals surface area (Å²) in [4.78, 5) is 15.3. The van der Waals surface area contributed by atoms with Crippen LogP contribution in [0.4, 0.5) is 15.8 Å². The van der Waals surface area contributed by atoms with Gasteiger partial charge in [0, 0.05) is 18.3 Å². The fourth-order valence-corrected chi connectivity index (χ4v) is 4.99. The Kier molecular flexibility index (Phi) is 4.85. The minimum Gasteiger partial charge on any atom is -0.454 e. The molecule has 2 aliphatic heterocycles. The fourth-order valence-electron chi connectivity index (χ4n) is 4.99. The molecule has 7 heteroatoms. The van der Waals surface area contributed by atoms with Crippen LogP contribution >= 0.6 is 0 Å². The number of halogens is 1. The van der Waals surface area contributed by atoms with Crippen molar-refractivity contribution in [3.63, 3.8) is 0 Å². The SMILES string of the molecule is CC(C)(C)C1Cc2cc(NC(=O)C3(c4ccc5c(c4)OCO5)CC3)c(F)cc2N1CCO. The molecule has 32 heavy (non-hydrogen) atoms. The number of aliphatic hydroxyl groups excluding tert-OH is 1. The van der Waals surface area contributed by atoms with Crippen LogP contribution in [0.25, 0.3) is 0 Å². The number of hydrogen-bond acceptors (Lipinski definition) is 5. The third-order valence-corrected chi connectivity index (χ3v) is 6.97. The van der Waals surface area contributed by atoms with Crippen LogP contribution in [-0.2, 0) is 16.6 Å². The summed E-state index contributed by atoms with van der Waals surface area (Å²) in [5.41, 5.74) is 2.16. The van der Waals surface area contributed by atoms with Gasteiger partial charge in [-0.15, -0.1) is 0 Å².